The summed E-state index contributed by atoms with van der Waals surface area (Å²) in [6.45, 7) is 0. The number of carbonyl (C=O) groups excluding carboxylic acids is 1. The predicted molar refractivity (Wildman–Crippen MR) is 137 cm³/mol. The van der Waals surface area contributed by atoms with Crippen LogP contribution in [0.2, 0.25) is 0 Å². The van der Waals surface area contributed by atoms with Gasteiger partial charge >= 0.3 is 12.1 Å². The number of alkyl halides is 3. The third kappa shape index (κ3) is 4.07. The van der Waals surface area contributed by atoms with Gasteiger partial charge in [0.1, 0.15) is 5.54 Å². The van der Waals surface area contributed by atoms with Gasteiger partial charge in [-0.2, -0.15) is 18.3 Å². The van der Waals surface area contributed by atoms with Crippen molar-refractivity contribution >= 4 is 38.6 Å². The Bertz CT molecular complexity index is 1420. The van der Waals surface area contributed by atoms with Gasteiger partial charge in [0.15, 0.2) is 5.82 Å². The molecule has 0 aliphatic heterocycles. The topological polar surface area (TPSA) is 46.9 Å². The highest BCUT2D eigenvalue weighted by molar-refractivity contribution is 9.10. The molecule has 5 aromatic rings. The van der Waals surface area contributed by atoms with E-state index in [4.69, 9.17) is 0 Å². The summed E-state index contributed by atoms with van der Waals surface area (Å²) in [6.07, 6.45) is -5.05. The summed E-state index contributed by atoms with van der Waals surface area (Å²) in [6, 6.07) is 34.0. The van der Waals surface area contributed by atoms with Crippen molar-refractivity contribution in [1.29, 1.82) is 0 Å². The Morgan fingerprint density at radius 3 is 1.67 bits per heavy atom. The highest BCUT2D eigenvalue weighted by Gasteiger charge is 2.43. The van der Waals surface area contributed by atoms with Crippen LogP contribution in [0.3, 0.4) is 0 Å². The number of hydrogen-bond donors (Lipinski definition) is 1. The second kappa shape index (κ2) is 9.28. The predicted octanol–water partition coefficient (Wildman–Crippen LogP) is 7.14. The first-order valence-corrected chi connectivity index (χ1v) is 11.8. The molecule has 5 rings (SSSR count). The van der Waals surface area contributed by atoms with E-state index < -0.39 is 17.6 Å². The fourth-order valence-electron chi connectivity index (χ4n) is 4.52. The first-order chi connectivity index (χ1) is 17.3. The molecule has 0 spiro atoms. The molecule has 4 aromatic carbocycles. The van der Waals surface area contributed by atoms with Crippen LogP contribution >= 0.6 is 15.9 Å². The Kier molecular flexibility index (Phi) is 6.14. The zero-order chi connectivity index (χ0) is 25.3. The maximum atomic E-state index is 13.2. The lowest BCUT2D eigenvalue weighted by Crippen LogP contribution is -2.38. The number of fused-ring (bicyclic) bond motifs is 1. The molecule has 0 unspecified atom stereocenters. The van der Waals surface area contributed by atoms with Gasteiger partial charge in [-0.1, -0.05) is 107 Å². The summed E-state index contributed by atoms with van der Waals surface area (Å²) in [7, 11) is 0. The normalized spacial score (nSPS) is 12.0. The number of halogens is 4. The Hall–Kier alpha value is -3.91. The van der Waals surface area contributed by atoms with Gasteiger partial charge in [0.25, 0.3) is 0 Å². The van der Waals surface area contributed by atoms with Gasteiger partial charge in [0.2, 0.25) is 0 Å². The van der Waals surface area contributed by atoms with Crippen LogP contribution in [0.4, 0.5) is 19.0 Å². The van der Waals surface area contributed by atoms with Crippen LogP contribution in [0.25, 0.3) is 10.9 Å². The van der Waals surface area contributed by atoms with E-state index in [-0.39, 0.29) is 5.82 Å². The van der Waals surface area contributed by atoms with Crippen LogP contribution in [-0.4, -0.2) is 21.9 Å². The Morgan fingerprint density at radius 2 is 1.22 bits per heavy atom. The highest BCUT2D eigenvalue weighted by Crippen LogP contribution is 2.43. The lowest BCUT2D eigenvalue weighted by molar-refractivity contribution is -0.167. The number of rotatable bonds is 5. The molecule has 1 heterocycles. The molecule has 0 aliphatic carbocycles. The van der Waals surface area contributed by atoms with Crippen molar-refractivity contribution in [3.8, 4) is 0 Å². The lowest BCUT2D eigenvalue weighted by Gasteiger charge is -2.37. The lowest BCUT2D eigenvalue weighted by atomic mass is 9.77. The quantitative estimate of drug-likeness (QED) is 0.237. The SMILES string of the molecule is O=C(Nc1nn(C(c2ccccc2)(c2ccccc2)c2ccccc2)c2cc(Br)ccc12)C(F)(F)F. The number of hydrogen-bond acceptors (Lipinski definition) is 2. The highest BCUT2D eigenvalue weighted by atomic mass is 79.9. The van der Waals surface area contributed by atoms with Crippen molar-refractivity contribution in [2.24, 2.45) is 0 Å². The van der Waals surface area contributed by atoms with Crippen LogP contribution in [0.1, 0.15) is 16.7 Å². The molecule has 1 amide bonds. The summed E-state index contributed by atoms with van der Waals surface area (Å²) in [5.41, 5.74) is 2.02. The average Bonchev–Trinajstić information content (AvgIpc) is 3.23. The number of amides is 1. The Labute approximate surface area is 213 Å². The second-order valence-electron chi connectivity index (χ2n) is 8.18. The van der Waals surface area contributed by atoms with Crippen molar-refractivity contribution in [3.05, 3.63) is 130 Å². The van der Waals surface area contributed by atoms with Crippen molar-refractivity contribution in [2.75, 3.05) is 5.32 Å². The third-order valence-corrected chi connectivity index (χ3v) is 6.52. The minimum Gasteiger partial charge on any atom is -0.301 e. The van der Waals surface area contributed by atoms with E-state index in [1.165, 1.54) is 0 Å². The van der Waals surface area contributed by atoms with Crippen molar-refractivity contribution < 1.29 is 18.0 Å². The van der Waals surface area contributed by atoms with Crippen LogP contribution in [0, 0.1) is 0 Å². The molecule has 8 heteroatoms. The van der Waals surface area contributed by atoms with Crippen molar-refractivity contribution in [3.63, 3.8) is 0 Å². The molecule has 180 valence electrons. The molecule has 0 atom stereocenters. The molecule has 4 nitrogen and oxygen atoms in total. The van der Waals surface area contributed by atoms with Gasteiger partial charge in [-0.05, 0) is 34.9 Å². The van der Waals surface area contributed by atoms with Gasteiger partial charge in [-0.3, -0.25) is 4.79 Å². The van der Waals surface area contributed by atoms with E-state index in [0.717, 1.165) is 16.7 Å². The molecular formula is C28H19BrF3N3O. The smallest absolute Gasteiger partial charge is 0.301 e. The van der Waals surface area contributed by atoms with Crippen LogP contribution in [-0.2, 0) is 10.3 Å². The molecule has 0 bridgehead atoms. The van der Waals surface area contributed by atoms with E-state index in [1.807, 2.05) is 96.3 Å². The minimum atomic E-state index is -5.05. The molecule has 36 heavy (non-hydrogen) atoms. The number of nitrogens with one attached hydrogen (secondary N) is 1. The Balaban J connectivity index is 1.91. The first kappa shape index (κ1) is 23.8. The zero-order valence-corrected chi connectivity index (χ0v) is 20.3. The number of nitrogens with zero attached hydrogens (tertiary/aromatic N) is 2. The van der Waals surface area contributed by atoms with Crippen LogP contribution in [0.5, 0.6) is 0 Å². The fraction of sp³-hybridized carbons (Fsp3) is 0.0714. The first-order valence-electron chi connectivity index (χ1n) is 11.1. The van der Waals surface area contributed by atoms with Gasteiger partial charge in [0.05, 0.1) is 5.52 Å². The number of benzene rings is 4. The van der Waals surface area contributed by atoms with E-state index in [9.17, 15) is 18.0 Å². The largest absolute Gasteiger partial charge is 0.471 e. The monoisotopic (exact) mass is 549 g/mol. The zero-order valence-electron chi connectivity index (χ0n) is 18.7. The molecule has 0 radical (unpaired) electrons. The number of carbonyl (C=O) groups is 1. The maximum Gasteiger partial charge on any atom is 0.471 e. The standard InChI is InChI=1S/C28H19BrF3N3O/c29-22-16-17-23-24(18-22)35(34-25(23)33-26(36)28(30,31)32)27(19-10-4-1-5-11-19,20-12-6-2-7-13-20)21-14-8-3-9-15-21/h1-18H,(H,33,34,36). The van der Waals surface area contributed by atoms with Gasteiger partial charge in [-0.25, -0.2) is 4.68 Å². The molecule has 0 saturated carbocycles. The van der Waals surface area contributed by atoms with E-state index in [2.05, 4.69) is 21.0 Å². The van der Waals surface area contributed by atoms with E-state index >= 15 is 0 Å². The average molecular weight is 550 g/mol. The van der Waals surface area contributed by atoms with Gasteiger partial charge in [-0.15, -0.1) is 0 Å². The maximum absolute atomic E-state index is 13.2. The molecule has 1 N–H and O–H groups in total. The summed E-state index contributed by atoms with van der Waals surface area (Å²) in [4.78, 5) is 11.9. The van der Waals surface area contributed by atoms with Crippen LogP contribution in [0.15, 0.2) is 114 Å². The Morgan fingerprint density at radius 1 is 0.750 bits per heavy atom. The van der Waals surface area contributed by atoms with Crippen LogP contribution < -0.4 is 5.32 Å². The van der Waals surface area contributed by atoms with Crippen molar-refractivity contribution in [2.45, 2.75) is 11.7 Å². The molecule has 1 aromatic heterocycles. The van der Waals surface area contributed by atoms with E-state index in [1.54, 1.807) is 22.9 Å². The second-order valence-corrected chi connectivity index (χ2v) is 9.10. The van der Waals surface area contributed by atoms with E-state index in [0.29, 0.717) is 15.4 Å². The fourth-order valence-corrected chi connectivity index (χ4v) is 4.87. The number of anilines is 1. The molecule has 0 aliphatic rings. The third-order valence-electron chi connectivity index (χ3n) is 6.02. The minimum absolute atomic E-state index is 0.174. The molecule has 0 saturated heterocycles. The van der Waals surface area contributed by atoms with Gasteiger partial charge < -0.3 is 5.32 Å². The summed E-state index contributed by atoms with van der Waals surface area (Å²) in [5.74, 6) is -2.26. The molecular weight excluding hydrogens is 531 g/mol. The van der Waals surface area contributed by atoms with Gasteiger partial charge in [0, 0.05) is 9.86 Å². The van der Waals surface area contributed by atoms with Crippen molar-refractivity contribution in [1.82, 2.24) is 9.78 Å². The summed E-state index contributed by atoms with van der Waals surface area (Å²) in [5, 5.41) is 7.01. The number of aromatic nitrogens is 2. The molecule has 0 fully saturated rings. The summed E-state index contributed by atoms with van der Waals surface area (Å²) >= 11 is 3.49. The summed E-state index contributed by atoms with van der Waals surface area (Å²) < 4.78 is 42.0.